The van der Waals surface area contributed by atoms with Crippen molar-refractivity contribution < 1.29 is 17.9 Å². The van der Waals surface area contributed by atoms with E-state index in [1.807, 2.05) is 19.9 Å². The monoisotopic (exact) mass is 460 g/mol. The number of pyridine rings is 1. The number of morpholine rings is 1. The van der Waals surface area contributed by atoms with Gasteiger partial charge in [0.15, 0.2) is 0 Å². The van der Waals surface area contributed by atoms with E-state index in [1.165, 1.54) is 28.2 Å². The molecule has 3 rings (SSSR count). The van der Waals surface area contributed by atoms with E-state index < -0.39 is 15.3 Å². The zero-order valence-electron chi connectivity index (χ0n) is 17.6. The summed E-state index contributed by atoms with van der Waals surface area (Å²) >= 11 is 1.22. The molecule has 0 aliphatic carbocycles. The van der Waals surface area contributed by atoms with Crippen molar-refractivity contribution in [2.45, 2.75) is 35.9 Å². The van der Waals surface area contributed by atoms with E-state index in [2.05, 4.69) is 16.4 Å². The summed E-state index contributed by atoms with van der Waals surface area (Å²) in [6, 6.07) is 10.1. The Balaban J connectivity index is 1.68. The van der Waals surface area contributed by atoms with Crippen molar-refractivity contribution in [3.63, 3.8) is 0 Å². The molecular formula is C21H24N4O4S2. The van der Waals surface area contributed by atoms with Gasteiger partial charge in [-0.15, -0.1) is 0 Å². The van der Waals surface area contributed by atoms with Gasteiger partial charge in [-0.05, 0) is 56.7 Å². The molecule has 1 saturated heterocycles. The van der Waals surface area contributed by atoms with Crippen LogP contribution in [0, 0.1) is 25.2 Å². The first-order chi connectivity index (χ1) is 14.7. The van der Waals surface area contributed by atoms with Crippen molar-refractivity contribution in [2.24, 2.45) is 0 Å². The first-order valence-electron chi connectivity index (χ1n) is 9.76. The normalized spacial score (nSPS) is 15.8. The zero-order valence-corrected chi connectivity index (χ0v) is 19.2. The van der Waals surface area contributed by atoms with Crippen molar-refractivity contribution in [3.8, 4) is 6.07 Å². The summed E-state index contributed by atoms with van der Waals surface area (Å²) in [5.74, 6) is -0.265. The van der Waals surface area contributed by atoms with Gasteiger partial charge in [0.05, 0.1) is 28.9 Å². The van der Waals surface area contributed by atoms with Gasteiger partial charge in [-0.25, -0.2) is 13.4 Å². The highest BCUT2D eigenvalue weighted by Crippen LogP contribution is 2.28. The highest BCUT2D eigenvalue weighted by Gasteiger charge is 2.26. The number of benzene rings is 1. The van der Waals surface area contributed by atoms with Crippen molar-refractivity contribution in [2.75, 3.05) is 31.6 Å². The number of thioether (sulfide) groups is 1. The molecule has 0 spiro atoms. The lowest BCUT2D eigenvalue weighted by molar-refractivity contribution is -0.115. The largest absolute Gasteiger partial charge is 0.379 e. The van der Waals surface area contributed by atoms with E-state index >= 15 is 0 Å². The van der Waals surface area contributed by atoms with Crippen LogP contribution in [-0.4, -0.2) is 55.2 Å². The van der Waals surface area contributed by atoms with Crippen LogP contribution in [0.5, 0.6) is 0 Å². The number of anilines is 1. The van der Waals surface area contributed by atoms with E-state index in [1.54, 1.807) is 19.1 Å². The van der Waals surface area contributed by atoms with Crippen LogP contribution >= 0.6 is 11.8 Å². The lowest BCUT2D eigenvalue weighted by Crippen LogP contribution is -2.40. The fraction of sp³-hybridized carbons (Fsp3) is 0.381. The molecule has 1 unspecified atom stereocenters. The Morgan fingerprint density at radius 3 is 2.52 bits per heavy atom. The summed E-state index contributed by atoms with van der Waals surface area (Å²) in [4.78, 5) is 17.2. The fourth-order valence-corrected chi connectivity index (χ4v) is 5.56. The van der Waals surface area contributed by atoms with Crippen LogP contribution in [0.25, 0.3) is 0 Å². The number of rotatable bonds is 6. The van der Waals surface area contributed by atoms with E-state index in [0.29, 0.717) is 42.6 Å². The molecular weight excluding hydrogens is 436 g/mol. The van der Waals surface area contributed by atoms with E-state index in [-0.39, 0.29) is 10.8 Å². The molecule has 2 heterocycles. The van der Waals surface area contributed by atoms with Gasteiger partial charge in [-0.2, -0.15) is 9.57 Å². The Bertz CT molecular complexity index is 1110. The number of sulfonamides is 1. The topological polar surface area (TPSA) is 112 Å². The minimum absolute atomic E-state index is 0.174. The third kappa shape index (κ3) is 5.43. The number of amides is 1. The number of aromatic nitrogens is 1. The van der Waals surface area contributed by atoms with Crippen molar-refractivity contribution in [1.29, 1.82) is 5.26 Å². The number of nitrogens with one attached hydrogen (secondary N) is 1. The van der Waals surface area contributed by atoms with Gasteiger partial charge in [-0.1, -0.05) is 11.8 Å². The zero-order chi connectivity index (χ0) is 22.6. The van der Waals surface area contributed by atoms with E-state index in [0.717, 1.165) is 11.3 Å². The number of nitrogens with zero attached hydrogens (tertiary/aromatic N) is 3. The molecule has 0 radical (unpaired) electrons. The van der Waals surface area contributed by atoms with Crippen LogP contribution in [0.1, 0.15) is 23.7 Å². The van der Waals surface area contributed by atoms with Crippen LogP contribution < -0.4 is 5.32 Å². The van der Waals surface area contributed by atoms with Crippen LogP contribution in [0.15, 0.2) is 40.3 Å². The maximum atomic E-state index is 12.7. The van der Waals surface area contributed by atoms with Crippen molar-refractivity contribution in [1.82, 2.24) is 9.29 Å². The fourth-order valence-electron chi connectivity index (χ4n) is 3.13. The van der Waals surface area contributed by atoms with Gasteiger partial charge in [0, 0.05) is 24.5 Å². The second kappa shape index (κ2) is 9.78. The van der Waals surface area contributed by atoms with Gasteiger partial charge in [0.2, 0.25) is 15.9 Å². The smallest absolute Gasteiger partial charge is 0.243 e. The number of hydrogen-bond acceptors (Lipinski definition) is 7. The maximum absolute atomic E-state index is 12.7. The predicted octanol–water partition coefficient (Wildman–Crippen LogP) is 2.71. The SMILES string of the molecule is Cc1cc(C)c(C#N)c(SC(C)C(=O)Nc2ccc(S(=O)(=O)N3CCOCC3)cc2)n1. The Morgan fingerprint density at radius 1 is 1.26 bits per heavy atom. The number of carbonyl (C=O) groups excluding carboxylic acids is 1. The average Bonchev–Trinajstić information content (AvgIpc) is 2.74. The van der Waals surface area contributed by atoms with E-state index in [9.17, 15) is 18.5 Å². The molecule has 0 bridgehead atoms. The second-order valence-electron chi connectivity index (χ2n) is 7.16. The molecule has 1 aliphatic rings. The van der Waals surface area contributed by atoms with Crippen molar-refractivity contribution >= 4 is 33.4 Å². The first-order valence-corrected chi connectivity index (χ1v) is 12.1. The molecule has 1 fully saturated rings. The third-order valence-electron chi connectivity index (χ3n) is 4.81. The predicted molar refractivity (Wildman–Crippen MR) is 118 cm³/mol. The molecule has 1 aromatic heterocycles. The Kier molecular flexibility index (Phi) is 7.33. The molecule has 0 saturated carbocycles. The lowest BCUT2D eigenvalue weighted by atomic mass is 10.1. The molecule has 8 nitrogen and oxygen atoms in total. The maximum Gasteiger partial charge on any atom is 0.243 e. The van der Waals surface area contributed by atoms with Gasteiger partial charge in [0.25, 0.3) is 0 Å². The number of carbonyl (C=O) groups is 1. The minimum Gasteiger partial charge on any atom is -0.379 e. The van der Waals surface area contributed by atoms with Crippen LogP contribution in [0.4, 0.5) is 5.69 Å². The number of nitriles is 1. The van der Waals surface area contributed by atoms with Crippen LogP contribution in [0.3, 0.4) is 0 Å². The van der Waals surface area contributed by atoms with Gasteiger partial charge >= 0.3 is 0 Å². The number of aryl methyl sites for hydroxylation is 2. The summed E-state index contributed by atoms with van der Waals surface area (Å²) < 4.78 is 32.0. The first kappa shape index (κ1) is 23.2. The summed E-state index contributed by atoms with van der Waals surface area (Å²) in [5.41, 5.74) is 2.56. The number of ether oxygens (including phenoxy) is 1. The summed E-state index contributed by atoms with van der Waals surface area (Å²) in [7, 11) is -3.58. The molecule has 1 N–H and O–H groups in total. The molecule has 2 aromatic rings. The van der Waals surface area contributed by atoms with Gasteiger partial charge in [0.1, 0.15) is 11.1 Å². The molecule has 164 valence electrons. The lowest BCUT2D eigenvalue weighted by Gasteiger charge is -2.26. The standard InChI is InChI=1S/C21H24N4O4S2/c1-14-12-15(2)23-21(19(14)13-22)30-16(3)20(26)24-17-4-6-18(7-5-17)31(27,28)25-8-10-29-11-9-25/h4-7,12,16H,8-11H2,1-3H3,(H,24,26). The highest BCUT2D eigenvalue weighted by atomic mass is 32.2. The molecule has 1 atom stereocenters. The van der Waals surface area contributed by atoms with E-state index in [4.69, 9.17) is 4.74 Å². The molecule has 1 amide bonds. The third-order valence-corrected chi connectivity index (χ3v) is 7.81. The molecule has 1 aromatic carbocycles. The van der Waals surface area contributed by atoms with Crippen LogP contribution in [0.2, 0.25) is 0 Å². The van der Waals surface area contributed by atoms with Gasteiger partial charge < -0.3 is 10.1 Å². The highest BCUT2D eigenvalue weighted by molar-refractivity contribution is 8.00. The van der Waals surface area contributed by atoms with Crippen LogP contribution in [-0.2, 0) is 19.6 Å². The minimum atomic E-state index is -3.58. The Hall–Kier alpha value is -2.45. The summed E-state index contributed by atoms with van der Waals surface area (Å²) in [6.45, 7) is 6.83. The van der Waals surface area contributed by atoms with Crippen molar-refractivity contribution in [3.05, 3.63) is 47.2 Å². The van der Waals surface area contributed by atoms with Gasteiger partial charge in [-0.3, -0.25) is 4.79 Å². The Morgan fingerprint density at radius 2 is 1.90 bits per heavy atom. The molecule has 1 aliphatic heterocycles. The summed E-state index contributed by atoms with van der Waals surface area (Å²) in [6.07, 6.45) is 0. The molecule has 10 heteroatoms. The number of hydrogen-bond donors (Lipinski definition) is 1. The quantitative estimate of drug-likeness (QED) is 0.660. The second-order valence-corrected chi connectivity index (χ2v) is 10.4. The molecule has 31 heavy (non-hydrogen) atoms. The summed E-state index contributed by atoms with van der Waals surface area (Å²) in [5, 5.41) is 12.2. The Labute approximate surface area is 186 Å². The average molecular weight is 461 g/mol.